The van der Waals surface area contributed by atoms with Gasteiger partial charge in [-0.15, -0.1) is 0 Å². The van der Waals surface area contributed by atoms with E-state index >= 15 is 0 Å². The normalized spacial score (nSPS) is 22.9. The van der Waals surface area contributed by atoms with Crippen molar-refractivity contribution in [2.24, 2.45) is 0 Å². The quantitative estimate of drug-likeness (QED) is 0.738. The molecule has 0 saturated carbocycles. The molecule has 1 aliphatic heterocycles. The summed E-state index contributed by atoms with van der Waals surface area (Å²) in [6.07, 6.45) is 0.679. The first-order valence-electron chi connectivity index (χ1n) is 9.56. The molecule has 1 N–H and O–H groups in total. The zero-order chi connectivity index (χ0) is 18.2. The lowest BCUT2D eigenvalue weighted by Crippen LogP contribution is -3.15. The molecule has 1 heterocycles. The summed E-state index contributed by atoms with van der Waals surface area (Å²) in [4.78, 5) is 1.56. The average Bonchev–Trinajstić information content (AvgIpc) is 2.65. The van der Waals surface area contributed by atoms with E-state index in [1.54, 1.807) is 4.90 Å². The van der Waals surface area contributed by atoms with Crippen LogP contribution in [0.4, 0.5) is 0 Å². The number of quaternary nitrogens is 1. The predicted octanol–water partition coefficient (Wildman–Crippen LogP) is 2.44. The van der Waals surface area contributed by atoms with Gasteiger partial charge in [0.25, 0.3) is 0 Å². The lowest BCUT2D eigenvalue weighted by molar-refractivity contribution is -0.915. The fourth-order valence-corrected chi connectivity index (χ4v) is 3.57. The molecule has 3 rings (SSSR count). The minimum atomic E-state index is 0.339. The van der Waals surface area contributed by atoms with Crippen molar-refractivity contribution in [2.45, 2.75) is 26.1 Å². The average molecular weight is 356 g/mol. The van der Waals surface area contributed by atoms with Gasteiger partial charge in [0.2, 0.25) is 0 Å². The molecule has 0 spiro atoms. The minimum absolute atomic E-state index is 0.339. The largest absolute Gasteiger partial charge is 0.491 e. The van der Waals surface area contributed by atoms with Crippen molar-refractivity contribution < 1.29 is 19.1 Å². The number of rotatable bonds is 8. The van der Waals surface area contributed by atoms with Crippen molar-refractivity contribution in [3.05, 3.63) is 54.6 Å². The molecule has 2 aromatic rings. The third kappa shape index (κ3) is 5.56. The van der Waals surface area contributed by atoms with Crippen LogP contribution in [0.3, 0.4) is 0 Å². The molecule has 0 bridgehead atoms. The van der Waals surface area contributed by atoms with E-state index in [2.05, 4.69) is 32.0 Å². The lowest BCUT2D eigenvalue weighted by atomic mass is 10.1. The first-order chi connectivity index (χ1) is 12.7. The molecule has 0 amide bonds. The number of para-hydroxylation sites is 1. The van der Waals surface area contributed by atoms with Crippen LogP contribution in [0.15, 0.2) is 54.6 Å². The molecule has 0 radical (unpaired) electrons. The van der Waals surface area contributed by atoms with E-state index in [0.29, 0.717) is 25.4 Å². The summed E-state index contributed by atoms with van der Waals surface area (Å²) in [6, 6.07) is 18.5. The second kappa shape index (κ2) is 9.72. The molecule has 4 nitrogen and oxygen atoms in total. The Morgan fingerprint density at radius 2 is 1.58 bits per heavy atom. The van der Waals surface area contributed by atoms with E-state index in [1.165, 1.54) is 5.56 Å². The van der Waals surface area contributed by atoms with Crippen molar-refractivity contribution >= 4 is 0 Å². The number of nitrogens with one attached hydrogen (secondary N) is 1. The summed E-state index contributed by atoms with van der Waals surface area (Å²) in [7, 11) is 0. The van der Waals surface area contributed by atoms with Crippen molar-refractivity contribution in [1.29, 1.82) is 0 Å². The van der Waals surface area contributed by atoms with Crippen molar-refractivity contribution in [1.82, 2.24) is 0 Å². The highest BCUT2D eigenvalue weighted by atomic mass is 16.5. The molecule has 3 atom stereocenters. The van der Waals surface area contributed by atoms with Crippen LogP contribution in [0.1, 0.15) is 13.8 Å². The maximum atomic E-state index is 5.97. The Bertz CT molecular complexity index is 651. The van der Waals surface area contributed by atoms with Gasteiger partial charge in [0.15, 0.2) is 0 Å². The fraction of sp³-hybridized carbons (Fsp3) is 0.455. The van der Waals surface area contributed by atoms with Crippen molar-refractivity contribution in [3.8, 4) is 16.9 Å². The molecule has 1 aliphatic rings. The minimum Gasteiger partial charge on any atom is -0.491 e. The van der Waals surface area contributed by atoms with E-state index in [-0.39, 0.29) is 0 Å². The fourth-order valence-electron chi connectivity index (χ4n) is 3.57. The number of hydrogen-bond donors (Lipinski definition) is 1. The highest BCUT2D eigenvalue weighted by Gasteiger charge is 2.24. The Morgan fingerprint density at radius 1 is 0.885 bits per heavy atom. The van der Waals surface area contributed by atoms with Gasteiger partial charge in [-0.25, -0.2) is 0 Å². The molecule has 4 heteroatoms. The zero-order valence-electron chi connectivity index (χ0n) is 15.8. The number of hydrogen-bond acceptors (Lipinski definition) is 3. The summed E-state index contributed by atoms with van der Waals surface area (Å²) >= 11 is 0. The first kappa shape index (κ1) is 18.9. The van der Waals surface area contributed by atoms with E-state index < -0.39 is 0 Å². The smallest absolute Gasteiger partial charge is 0.127 e. The second-order valence-electron chi connectivity index (χ2n) is 6.99. The van der Waals surface area contributed by atoms with Gasteiger partial charge in [0.05, 0.1) is 13.2 Å². The summed E-state index contributed by atoms with van der Waals surface area (Å²) in [6.45, 7) is 9.39. The zero-order valence-corrected chi connectivity index (χ0v) is 15.8. The third-order valence-corrected chi connectivity index (χ3v) is 4.67. The Kier molecular flexibility index (Phi) is 7.06. The van der Waals surface area contributed by atoms with E-state index in [4.69, 9.17) is 14.2 Å². The third-order valence-electron chi connectivity index (χ3n) is 4.67. The van der Waals surface area contributed by atoms with Gasteiger partial charge in [-0.05, 0) is 25.5 Å². The van der Waals surface area contributed by atoms with Gasteiger partial charge in [-0.3, -0.25) is 0 Å². The second-order valence-corrected chi connectivity index (χ2v) is 6.99. The molecule has 26 heavy (non-hydrogen) atoms. The molecule has 140 valence electrons. The van der Waals surface area contributed by atoms with Gasteiger partial charge >= 0.3 is 0 Å². The molecule has 1 fully saturated rings. The lowest BCUT2D eigenvalue weighted by Gasteiger charge is -2.32. The van der Waals surface area contributed by atoms with Crippen LogP contribution in [-0.4, -0.2) is 51.7 Å². The van der Waals surface area contributed by atoms with E-state index in [1.807, 2.05) is 36.4 Å². The maximum Gasteiger partial charge on any atom is 0.127 e. The summed E-state index contributed by atoms with van der Waals surface area (Å²) in [5.74, 6) is 0.906. The predicted molar refractivity (Wildman–Crippen MR) is 104 cm³/mol. The Morgan fingerprint density at radius 3 is 2.35 bits per heavy atom. The monoisotopic (exact) mass is 356 g/mol. The van der Waals surface area contributed by atoms with Crippen LogP contribution in [0.25, 0.3) is 11.1 Å². The topological polar surface area (TPSA) is 32.1 Å². The van der Waals surface area contributed by atoms with Gasteiger partial charge < -0.3 is 19.1 Å². The molecule has 0 aliphatic carbocycles. The number of morpholine rings is 1. The summed E-state index contributed by atoms with van der Waals surface area (Å²) < 4.78 is 17.5. The van der Waals surface area contributed by atoms with Gasteiger partial charge in [-0.2, -0.15) is 0 Å². The molecule has 2 aromatic carbocycles. The standard InChI is InChI=1S/C22H29NO3/c1-18-16-23(17-19(2)26-18)12-13-24-14-15-25-22-11-7-6-10-21(22)20-8-4-3-5-9-20/h3-11,18-19H,12-17H2,1-2H3/p+1/t18-,19+. The van der Waals surface area contributed by atoms with Gasteiger partial charge in [0, 0.05) is 5.56 Å². The molecule has 0 aromatic heterocycles. The number of benzene rings is 2. The van der Waals surface area contributed by atoms with Crippen molar-refractivity contribution in [2.75, 3.05) is 39.5 Å². The van der Waals surface area contributed by atoms with Crippen LogP contribution in [0.2, 0.25) is 0 Å². The number of ether oxygens (including phenoxy) is 3. The van der Waals surface area contributed by atoms with Gasteiger partial charge in [-0.1, -0.05) is 48.5 Å². The SMILES string of the molecule is C[C@@H]1C[NH+](CCOCCOc2ccccc2-c2ccccc2)C[C@H](C)O1. The molecular formula is C22H30NO3+. The molecule has 1 unspecified atom stereocenters. The summed E-state index contributed by atoms with van der Waals surface area (Å²) in [5.41, 5.74) is 2.29. The Hall–Kier alpha value is -1.88. The van der Waals surface area contributed by atoms with Crippen LogP contribution < -0.4 is 9.64 Å². The van der Waals surface area contributed by atoms with Crippen LogP contribution >= 0.6 is 0 Å². The molecule has 1 saturated heterocycles. The van der Waals surface area contributed by atoms with E-state index in [9.17, 15) is 0 Å². The highest BCUT2D eigenvalue weighted by molar-refractivity contribution is 5.70. The molecular weight excluding hydrogens is 326 g/mol. The van der Waals surface area contributed by atoms with Crippen molar-refractivity contribution in [3.63, 3.8) is 0 Å². The highest BCUT2D eigenvalue weighted by Crippen LogP contribution is 2.29. The Labute approximate surface area is 156 Å². The van der Waals surface area contributed by atoms with Crippen LogP contribution in [0.5, 0.6) is 5.75 Å². The van der Waals surface area contributed by atoms with Crippen LogP contribution in [-0.2, 0) is 9.47 Å². The van der Waals surface area contributed by atoms with Gasteiger partial charge in [0.1, 0.15) is 44.2 Å². The van der Waals surface area contributed by atoms with E-state index in [0.717, 1.165) is 37.6 Å². The summed E-state index contributed by atoms with van der Waals surface area (Å²) in [5, 5.41) is 0. The maximum absolute atomic E-state index is 5.97. The Balaban J connectivity index is 1.39. The first-order valence-corrected chi connectivity index (χ1v) is 9.56. The van der Waals surface area contributed by atoms with Crippen LogP contribution in [0, 0.1) is 0 Å².